The zero-order valence-corrected chi connectivity index (χ0v) is 12.0. The van der Waals surface area contributed by atoms with E-state index in [9.17, 15) is 8.78 Å². The summed E-state index contributed by atoms with van der Waals surface area (Å²) in [5.74, 6) is -0.597. The van der Waals surface area contributed by atoms with Gasteiger partial charge in [-0.1, -0.05) is 18.9 Å². The Morgan fingerprint density at radius 3 is 2.50 bits per heavy atom. The van der Waals surface area contributed by atoms with Gasteiger partial charge in [0.2, 0.25) is 0 Å². The summed E-state index contributed by atoms with van der Waals surface area (Å²) < 4.78 is 27.2. The fraction of sp³-hybridized carbons (Fsp3) is 0.533. The van der Waals surface area contributed by atoms with Crippen LogP contribution in [0.25, 0.3) is 0 Å². The van der Waals surface area contributed by atoms with E-state index in [1.807, 2.05) is 14.1 Å². The summed E-state index contributed by atoms with van der Waals surface area (Å²) in [6.07, 6.45) is 3.79. The highest BCUT2D eigenvalue weighted by Crippen LogP contribution is 2.42. The quantitative estimate of drug-likeness (QED) is 0.683. The Morgan fingerprint density at radius 1 is 1.30 bits per heavy atom. The maximum absolute atomic E-state index is 14.1. The molecule has 2 rings (SSSR count). The third-order valence-corrected chi connectivity index (χ3v) is 4.07. The Balaban J connectivity index is 2.32. The molecule has 1 saturated carbocycles. The number of hydrogen-bond acceptors (Lipinski definition) is 1. The predicted molar refractivity (Wildman–Crippen MR) is 76.7 cm³/mol. The van der Waals surface area contributed by atoms with E-state index in [0.717, 1.165) is 31.7 Å². The van der Waals surface area contributed by atoms with Crippen molar-refractivity contribution in [2.24, 2.45) is 10.7 Å². The first-order chi connectivity index (χ1) is 9.44. The van der Waals surface area contributed by atoms with Crippen molar-refractivity contribution in [1.29, 1.82) is 0 Å². The van der Waals surface area contributed by atoms with Gasteiger partial charge in [0, 0.05) is 25.6 Å². The Bertz CT molecular complexity index is 506. The van der Waals surface area contributed by atoms with E-state index in [0.29, 0.717) is 18.1 Å². The second-order valence-electron chi connectivity index (χ2n) is 5.68. The number of nitrogens with zero attached hydrogens (tertiary/aromatic N) is 2. The van der Waals surface area contributed by atoms with Crippen molar-refractivity contribution in [3.63, 3.8) is 0 Å². The average Bonchev–Trinajstić information content (AvgIpc) is 2.85. The Hall–Kier alpha value is -1.65. The first-order valence-corrected chi connectivity index (χ1v) is 6.87. The van der Waals surface area contributed by atoms with Gasteiger partial charge in [0.05, 0.1) is 6.54 Å². The molecule has 0 bridgehead atoms. The highest BCUT2D eigenvalue weighted by molar-refractivity contribution is 5.77. The number of nitrogens with two attached hydrogens (primary N) is 1. The fourth-order valence-corrected chi connectivity index (χ4v) is 2.86. The van der Waals surface area contributed by atoms with Crippen LogP contribution in [0, 0.1) is 11.6 Å². The summed E-state index contributed by atoms with van der Waals surface area (Å²) in [5, 5.41) is 0. The molecule has 0 radical (unpaired) electrons. The van der Waals surface area contributed by atoms with Gasteiger partial charge in [-0.05, 0) is 24.5 Å². The van der Waals surface area contributed by atoms with Crippen molar-refractivity contribution in [2.75, 3.05) is 20.6 Å². The second-order valence-corrected chi connectivity index (χ2v) is 5.68. The summed E-state index contributed by atoms with van der Waals surface area (Å²) in [6.45, 7) is 0.444. The molecule has 0 unspecified atom stereocenters. The molecule has 0 saturated heterocycles. The molecule has 3 nitrogen and oxygen atoms in total. The van der Waals surface area contributed by atoms with Gasteiger partial charge in [0.1, 0.15) is 11.6 Å². The lowest BCUT2D eigenvalue weighted by Crippen LogP contribution is -2.34. The molecule has 1 aliphatic rings. The van der Waals surface area contributed by atoms with Crippen molar-refractivity contribution in [2.45, 2.75) is 31.1 Å². The van der Waals surface area contributed by atoms with Crippen molar-refractivity contribution in [1.82, 2.24) is 4.90 Å². The number of aliphatic imine (C=N–C) groups is 1. The van der Waals surface area contributed by atoms with Gasteiger partial charge in [-0.2, -0.15) is 0 Å². The van der Waals surface area contributed by atoms with Crippen molar-refractivity contribution < 1.29 is 8.78 Å². The molecule has 5 heteroatoms. The van der Waals surface area contributed by atoms with Gasteiger partial charge in [-0.25, -0.2) is 8.78 Å². The number of halogens is 2. The second kappa shape index (κ2) is 5.77. The minimum absolute atomic E-state index is 0.349. The molecule has 1 aliphatic carbocycles. The maximum Gasteiger partial charge on any atom is 0.190 e. The highest BCUT2D eigenvalue weighted by atomic mass is 19.1. The Kier molecular flexibility index (Phi) is 4.26. The minimum atomic E-state index is -0.546. The lowest BCUT2D eigenvalue weighted by molar-refractivity contribution is 0.422. The Morgan fingerprint density at radius 2 is 1.95 bits per heavy atom. The summed E-state index contributed by atoms with van der Waals surface area (Å²) >= 11 is 0. The molecule has 110 valence electrons. The summed E-state index contributed by atoms with van der Waals surface area (Å²) in [4.78, 5) is 6.10. The van der Waals surface area contributed by atoms with E-state index in [2.05, 4.69) is 4.99 Å². The molecule has 20 heavy (non-hydrogen) atoms. The SMILES string of the molecule is CN(C)C(N)=NCC1(c2ccc(F)cc2F)CCCC1. The molecule has 1 fully saturated rings. The van der Waals surface area contributed by atoms with Crippen LogP contribution in [0.15, 0.2) is 23.2 Å². The van der Waals surface area contributed by atoms with Gasteiger partial charge in [-0.3, -0.25) is 4.99 Å². The van der Waals surface area contributed by atoms with Crippen LogP contribution in [-0.2, 0) is 5.41 Å². The molecule has 1 aromatic carbocycles. The number of rotatable bonds is 3. The van der Waals surface area contributed by atoms with E-state index < -0.39 is 11.6 Å². The van der Waals surface area contributed by atoms with E-state index >= 15 is 0 Å². The van der Waals surface area contributed by atoms with Crippen LogP contribution in [-0.4, -0.2) is 31.5 Å². The van der Waals surface area contributed by atoms with Gasteiger partial charge >= 0.3 is 0 Å². The molecule has 0 atom stereocenters. The summed E-state index contributed by atoms with van der Waals surface area (Å²) in [7, 11) is 3.64. The van der Waals surface area contributed by atoms with Crippen molar-refractivity contribution in [3.05, 3.63) is 35.4 Å². The average molecular weight is 281 g/mol. The van der Waals surface area contributed by atoms with Crippen molar-refractivity contribution in [3.8, 4) is 0 Å². The molecule has 0 spiro atoms. The summed E-state index contributed by atoms with van der Waals surface area (Å²) in [6, 6.07) is 3.82. The van der Waals surface area contributed by atoms with Crippen LogP contribution < -0.4 is 5.73 Å². The molecule has 2 N–H and O–H groups in total. The molecule has 0 aromatic heterocycles. The largest absolute Gasteiger partial charge is 0.370 e. The van der Waals surface area contributed by atoms with E-state index in [4.69, 9.17) is 5.73 Å². The molecule has 0 aliphatic heterocycles. The Labute approximate surface area is 118 Å². The van der Waals surface area contributed by atoms with Crippen LogP contribution in [0.1, 0.15) is 31.2 Å². The number of hydrogen-bond donors (Lipinski definition) is 1. The number of guanidine groups is 1. The normalized spacial score (nSPS) is 18.3. The maximum atomic E-state index is 14.1. The monoisotopic (exact) mass is 281 g/mol. The standard InChI is InChI=1S/C15H21F2N3/c1-20(2)14(18)19-10-15(7-3-4-8-15)12-6-5-11(16)9-13(12)17/h5-6,9H,3-4,7-8,10H2,1-2H3,(H2,18,19). The van der Waals surface area contributed by atoms with Crippen LogP contribution in [0.4, 0.5) is 8.78 Å². The molecular weight excluding hydrogens is 260 g/mol. The molecule has 1 aromatic rings. The van der Waals surface area contributed by atoms with Crippen molar-refractivity contribution >= 4 is 5.96 Å². The van der Waals surface area contributed by atoms with Gasteiger partial charge < -0.3 is 10.6 Å². The highest BCUT2D eigenvalue weighted by Gasteiger charge is 2.37. The predicted octanol–water partition coefficient (Wildman–Crippen LogP) is 2.65. The van der Waals surface area contributed by atoms with Crippen LogP contribution in [0.2, 0.25) is 0 Å². The molecular formula is C15H21F2N3. The van der Waals surface area contributed by atoms with Gasteiger partial charge in [-0.15, -0.1) is 0 Å². The van der Waals surface area contributed by atoms with Crippen LogP contribution in [0.3, 0.4) is 0 Å². The topological polar surface area (TPSA) is 41.6 Å². The van der Waals surface area contributed by atoms with Crippen LogP contribution >= 0.6 is 0 Å². The smallest absolute Gasteiger partial charge is 0.190 e. The minimum Gasteiger partial charge on any atom is -0.370 e. The molecule has 0 heterocycles. The first kappa shape index (κ1) is 14.8. The van der Waals surface area contributed by atoms with Crippen LogP contribution in [0.5, 0.6) is 0 Å². The zero-order valence-electron chi connectivity index (χ0n) is 12.0. The molecule has 0 amide bonds. The lowest BCUT2D eigenvalue weighted by Gasteiger charge is -2.28. The van der Waals surface area contributed by atoms with Gasteiger partial charge in [0.25, 0.3) is 0 Å². The van der Waals surface area contributed by atoms with E-state index in [1.54, 1.807) is 11.0 Å². The van der Waals surface area contributed by atoms with E-state index in [-0.39, 0.29) is 5.41 Å². The first-order valence-electron chi connectivity index (χ1n) is 6.87. The number of benzene rings is 1. The summed E-state index contributed by atoms with van der Waals surface area (Å²) in [5.41, 5.74) is 6.03. The zero-order chi connectivity index (χ0) is 14.8. The van der Waals surface area contributed by atoms with E-state index in [1.165, 1.54) is 6.07 Å². The lowest BCUT2D eigenvalue weighted by atomic mass is 9.78. The third kappa shape index (κ3) is 2.92. The third-order valence-electron chi connectivity index (χ3n) is 4.07. The fourth-order valence-electron chi connectivity index (χ4n) is 2.86. The van der Waals surface area contributed by atoms with Gasteiger partial charge in [0.15, 0.2) is 5.96 Å².